The van der Waals surface area contributed by atoms with Gasteiger partial charge in [0.15, 0.2) is 5.96 Å². The lowest BCUT2D eigenvalue weighted by Gasteiger charge is -2.22. The molecule has 2 N–H and O–H groups in total. The number of hydrogen-bond acceptors (Lipinski definition) is 3. The van der Waals surface area contributed by atoms with Crippen LogP contribution in [0.5, 0.6) is 0 Å². The van der Waals surface area contributed by atoms with Crippen LogP contribution in [0, 0.1) is 12.8 Å². The number of carbonyl (C=O) groups excluding carboxylic acids is 1. The first-order chi connectivity index (χ1) is 12.3. The number of rotatable bonds is 5. The van der Waals surface area contributed by atoms with Crippen molar-refractivity contribution >= 4 is 41.5 Å². The third-order valence-corrected chi connectivity index (χ3v) is 4.73. The van der Waals surface area contributed by atoms with Crippen LogP contribution < -0.4 is 15.5 Å². The maximum atomic E-state index is 12.1. The molecule has 1 aliphatic rings. The van der Waals surface area contributed by atoms with Gasteiger partial charge in [-0.2, -0.15) is 0 Å². The molecule has 1 heterocycles. The molecular weight excluding hydrogens is 453 g/mol. The molecule has 1 aromatic rings. The van der Waals surface area contributed by atoms with Crippen LogP contribution in [0.2, 0.25) is 0 Å². The lowest BCUT2D eigenvalue weighted by Crippen LogP contribution is -2.45. The predicted octanol–water partition coefficient (Wildman–Crippen LogP) is 2.60. The number of carbonyl (C=O) groups is 1. The second-order valence-electron chi connectivity index (χ2n) is 7.52. The van der Waals surface area contributed by atoms with Gasteiger partial charge in [-0.25, -0.2) is 0 Å². The Hall–Kier alpha value is -1.51. The van der Waals surface area contributed by atoms with E-state index in [0.29, 0.717) is 6.54 Å². The highest BCUT2D eigenvalue weighted by Crippen LogP contribution is 2.20. The van der Waals surface area contributed by atoms with Crippen LogP contribution in [0.4, 0.5) is 5.69 Å². The molecule has 1 atom stereocenters. The average molecular weight is 487 g/mol. The number of aryl methyl sites for hydroxylation is 1. The second-order valence-corrected chi connectivity index (χ2v) is 7.52. The molecule has 0 aromatic heterocycles. The number of anilines is 1. The Balaban J connectivity index is 0.00000364. The Kier molecular flexibility index (Phi) is 9.35. The van der Waals surface area contributed by atoms with Crippen LogP contribution in [0.3, 0.4) is 0 Å². The number of guanidine groups is 1. The maximum Gasteiger partial charge on any atom is 0.225 e. The molecule has 2 rings (SSSR count). The highest BCUT2D eigenvalue weighted by atomic mass is 127. The summed E-state index contributed by atoms with van der Waals surface area (Å²) in [6, 6.07) is 6.73. The molecule has 0 bridgehead atoms. The molecule has 7 heteroatoms. The van der Waals surface area contributed by atoms with Crippen LogP contribution in [0.1, 0.15) is 31.4 Å². The lowest BCUT2D eigenvalue weighted by atomic mass is 10.1. The van der Waals surface area contributed by atoms with Gasteiger partial charge in [0, 0.05) is 58.4 Å². The first-order valence-corrected chi connectivity index (χ1v) is 9.34. The largest absolute Gasteiger partial charge is 0.377 e. The van der Waals surface area contributed by atoms with Gasteiger partial charge >= 0.3 is 0 Å². The molecule has 27 heavy (non-hydrogen) atoms. The minimum absolute atomic E-state index is 0. The van der Waals surface area contributed by atoms with Crippen LogP contribution in [0.15, 0.2) is 23.2 Å². The summed E-state index contributed by atoms with van der Waals surface area (Å²) >= 11 is 0. The van der Waals surface area contributed by atoms with Crippen LogP contribution in [-0.2, 0) is 11.3 Å². The topological polar surface area (TPSA) is 60.0 Å². The van der Waals surface area contributed by atoms with Crippen LogP contribution >= 0.6 is 24.0 Å². The molecule has 1 aliphatic heterocycles. The van der Waals surface area contributed by atoms with Crippen LogP contribution in [-0.4, -0.2) is 57.0 Å². The summed E-state index contributed by atoms with van der Waals surface area (Å²) in [5.41, 5.74) is 3.69. The third kappa shape index (κ3) is 6.55. The maximum absolute atomic E-state index is 12.1. The number of benzene rings is 1. The third-order valence-electron chi connectivity index (χ3n) is 4.73. The Morgan fingerprint density at radius 1 is 1.37 bits per heavy atom. The Morgan fingerprint density at radius 2 is 2.07 bits per heavy atom. The molecule has 152 valence electrons. The fourth-order valence-corrected chi connectivity index (χ4v) is 3.25. The zero-order chi connectivity index (χ0) is 19.3. The minimum atomic E-state index is 0. The van der Waals surface area contributed by atoms with Gasteiger partial charge in [0.2, 0.25) is 5.91 Å². The molecule has 0 aliphatic carbocycles. The van der Waals surface area contributed by atoms with E-state index in [1.54, 1.807) is 7.05 Å². The quantitative estimate of drug-likeness (QED) is 0.381. The van der Waals surface area contributed by atoms with Crippen molar-refractivity contribution in [2.75, 3.05) is 39.1 Å². The van der Waals surface area contributed by atoms with E-state index in [0.717, 1.165) is 25.5 Å². The minimum Gasteiger partial charge on any atom is -0.377 e. The van der Waals surface area contributed by atoms with E-state index in [1.165, 1.54) is 16.8 Å². The molecule has 0 spiro atoms. The van der Waals surface area contributed by atoms with Crippen LogP contribution in [0.25, 0.3) is 0 Å². The summed E-state index contributed by atoms with van der Waals surface area (Å²) in [5.74, 6) is 1.06. The molecule has 1 fully saturated rings. The number of nitrogens with one attached hydrogen (secondary N) is 2. The van der Waals surface area contributed by atoms with E-state index >= 15 is 0 Å². The average Bonchev–Trinajstić information content (AvgIpc) is 3.06. The van der Waals surface area contributed by atoms with Gasteiger partial charge in [0.05, 0.1) is 0 Å². The van der Waals surface area contributed by atoms with E-state index in [9.17, 15) is 4.79 Å². The van der Waals surface area contributed by atoms with Crippen molar-refractivity contribution in [1.29, 1.82) is 0 Å². The second kappa shape index (κ2) is 10.7. The van der Waals surface area contributed by atoms with E-state index in [2.05, 4.69) is 59.7 Å². The van der Waals surface area contributed by atoms with Gasteiger partial charge in [-0.05, 0) is 30.5 Å². The molecule has 1 saturated heterocycles. The van der Waals surface area contributed by atoms with Gasteiger partial charge in [0.25, 0.3) is 0 Å². The molecule has 6 nitrogen and oxygen atoms in total. The predicted molar refractivity (Wildman–Crippen MR) is 124 cm³/mol. The molecular formula is C20H34IN5O. The van der Waals surface area contributed by atoms with Crippen molar-refractivity contribution in [1.82, 2.24) is 15.5 Å². The van der Waals surface area contributed by atoms with Crippen molar-refractivity contribution in [2.24, 2.45) is 10.9 Å². The standard InChI is InChI=1S/C20H33N5O.HI/c1-14(2)19(26)25-10-9-17(13-25)23-20(21-4)22-12-16-8-7-15(3)11-18(16)24(5)6;/h7-8,11,14,17H,9-10,12-13H2,1-6H3,(H2,21,22,23);1H. The molecule has 1 aromatic carbocycles. The Bertz CT molecular complexity index is 660. The fraction of sp³-hybridized carbons (Fsp3) is 0.600. The highest BCUT2D eigenvalue weighted by Gasteiger charge is 2.27. The van der Waals surface area contributed by atoms with Crippen molar-refractivity contribution in [3.05, 3.63) is 29.3 Å². The Morgan fingerprint density at radius 3 is 2.67 bits per heavy atom. The lowest BCUT2D eigenvalue weighted by molar-refractivity contribution is -0.133. The molecule has 1 unspecified atom stereocenters. The zero-order valence-corrected chi connectivity index (χ0v) is 19.7. The SMILES string of the molecule is CN=C(NCc1ccc(C)cc1N(C)C)NC1CCN(C(=O)C(C)C)C1.I. The van der Waals surface area contributed by atoms with Gasteiger partial charge in [-0.15, -0.1) is 24.0 Å². The summed E-state index contributed by atoms with van der Waals surface area (Å²) in [6.07, 6.45) is 0.951. The molecule has 1 amide bonds. The number of halogens is 1. The van der Waals surface area contributed by atoms with E-state index < -0.39 is 0 Å². The summed E-state index contributed by atoms with van der Waals surface area (Å²) < 4.78 is 0. The monoisotopic (exact) mass is 487 g/mol. The zero-order valence-electron chi connectivity index (χ0n) is 17.4. The van der Waals surface area contributed by atoms with Crippen molar-refractivity contribution in [3.8, 4) is 0 Å². The number of nitrogens with zero attached hydrogens (tertiary/aromatic N) is 3. The fourth-order valence-electron chi connectivity index (χ4n) is 3.25. The summed E-state index contributed by atoms with van der Waals surface area (Å²) in [7, 11) is 5.90. The summed E-state index contributed by atoms with van der Waals surface area (Å²) in [4.78, 5) is 20.5. The number of amides is 1. The first-order valence-electron chi connectivity index (χ1n) is 9.34. The first kappa shape index (κ1) is 23.5. The summed E-state index contributed by atoms with van der Waals surface area (Å²) in [6.45, 7) is 8.27. The van der Waals surface area contributed by atoms with Gasteiger partial charge in [0.1, 0.15) is 0 Å². The summed E-state index contributed by atoms with van der Waals surface area (Å²) in [5, 5.41) is 6.85. The Labute approximate surface area is 180 Å². The normalized spacial score (nSPS) is 16.9. The number of likely N-dealkylation sites (tertiary alicyclic amines) is 1. The van der Waals surface area contributed by atoms with E-state index in [-0.39, 0.29) is 41.8 Å². The molecule has 0 saturated carbocycles. The van der Waals surface area contributed by atoms with Crippen molar-refractivity contribution in [3.63, 3.8) is 0 Å². The van der Waals surface area contributed by atoms with Crippen molar-refractivity contribution in [2.45, 2.75) is 39.8 Å². The number of aliphatic imine (C=N–C) groups is 1. The highest BCUT2D eigenvalue weighted by molar-refractivity contribution is 14.0. The number of hydrogen-bond donors (Lipinski definition) is 2. The molecule has 0 radical (unpaired) electrons. The van der Waals surface area contributed by atoms with Crippen molar-refractivity contribution < 1.29 is 4.79 Å². The smallest absolute Gasteiger partial charge is 0.225 e. The van der Waals surface area contributed by atoms with E-state index in [1.807, 2.05) is 18.7 Å². The van der Waals surface area contributed by atoms with E-state index in [4.69, 9.17) is 0 Å². The van der Waals surface area contributed by atoms with Gasteiger partial charge < -0.3 is 20.4 Å². The van der Waals surface area contributed by atoms with Gasteiger partial charge in [-0.1, -0.05) is 26.0 Å². The van der Waals surface area contributed by atoms with Gasteiger partial charge in [-0.3, -0.25) is 9.79 Å².